The van der Waals surface area contributed by atoms with Gasteiger partial charge in [0, 0.05) is 30.1 Å². The monoisotopic (exact) mass is 283 g/mol. The van der Waals surface area contributed by atoms with Crippen LogP contribution in [0.15, 0.2) is 10.7 Å². The molecule has 2 rings (SSSR count). The lowest BCUT2D eigenvalue weighted by atomic mass is 10.1. The zero-order valence-electron chi connectivity index (χ0n) is 12.2. The summed E-state index contributed by atoms with van der Waals surface area (Å²) in [5.74, 6) is 1.14. The smallest absolute Gasteiger partial charge is 0.297 e. The first-order valence-electron chi connectivity index (χ1n) is 7.15. The summed E-state index contributed by atoms with van der Waals surface area (Å²) in [7, 11) is 0. The SMILES string of the molecule is CCCNCc1coc(N2CCSC(C)(C)CC2)n1. The lowest BCUT2D eigenvalue weighted by Crippen LogP contribution is -2.27. The zero-order chi connectivity index (χ0) is 13.7. The molecule has 0 spiro atoms. The predicted molar refractivity (Wildman–Crippen MR) is 81.9 cm³/mol. The van der Waals surface area contributed by atoms with Gasteiger partial charge in [0.1, 0.15) is 6.26 Å². The van der Waals surface area contributed by atoms with Gasteiger partial charge in [0.25, 0.3) is 6.01 Å². The van der Waals surface area contributed by atoms with E-state index in [9.17, 15) is 0 Å². The third-order valence-corrected chi connectivity index (χ3v) is 4.75. The summed E-state index contributed by atoms with van der Waals surface area (Å²) < 4.78 is 5.99. The summed E-state index contributed by atoms with van der Waals surface area (Å²) in [6.07, 6.45) is 4.09. The Balaban J connectivity index is 1.91. The van der Waals surface area contributed by atoms with Crippen molar-refractivity contribution in [3.8, 4) is 0 Å². The van der Waals surface area contributed by atoms with E-state index in [1.54, 1.807) is 6.26 Å². The maximum Gasteiger partial charge on any atom is 0.297 e. The summed E-state index contributed by atoms with van der Waals surface area (Å²) in [5.41, 5.74) is 1.000. The molecular weight excluding hydrogens is 258 g/mol. The lowest BCUT2D eigenvalue weighted by molar-refractivity contribution is 0.525. The molecule has 19 heavy (non-hydrogen) atoms. The molecule has 1 aliphatic rings. The summed E-state index contributed by atoms with van der Waals surface area (Å²) in [6, 6.07) is 0.784. The van der Waals surface area contributed by atoms with E-state index in [4.69, 9.17) is 4.42 Å². The number of nitrogens with one attached hydrogen (secondary N) is 1. The lowest BCUT2D eigenvalue weighted by Gasteiger charge is -2.21. The van der Waals surface area contributed by atoms with Crippen LogP contribution in [0, 0.1) is 0 Å². The Bertz CT molecular complexity index is 392. The Morgan fingerprint density at radius 3 is 3.11 bits per heavy atom. The summed E-state index contributed by atoms with van der Waals surface area (Å²) >= 11 is 2.04. The minimum Gasteiger partial charge on any atom is -0.432 e. The summed E-state index contributed by atoms with van der Waals surface area (Å²) in [5, 5.41) is 3.35. The fourth-order valence-corrected chi connectivity index (χ4v) is 3.23. The van der Waals surface area contributed by atoms with Crippen molar-refractivity contribution in [2.24, 2.45) is 0 Å². The van der Waals surface area contributed by atoms with Gasteiger partial charge in [-0.25, -0.2) is 0 Å². The van der Waals surface area contributed by atoms with Crippen molar-refractivity contribution >= 4 is 17.8 Å². The molecule has 0 amide bonds. The Kier molecular flexibility index (Phi) is 5.16. The van der Waals surface area contributed by atoms with E-state index in [-0.39, 0.29) is 0 Å². The van der Waals surface area contributed by atoms with Crippen LogP contribution >= 0.6 is 11.8 Å². The molecule has 0 saturated carbocycles. The average molecular weight is 283 g/mol. The molecule has 2 heterocycles. The maximum atomic E-state index is 5.62. The standard InChI is InChI=1S/C14H25N3OS/c1-4-6-15-10-12-11-18-13(16-12)17-7-5-14(2,3)19-9-8-17/h11,15H,4-10H2,1-3H3. The molecular formula is C14H25N3OS. The number of anilines is 1. The molecule has 0 unspecified atom stereocenters. The third kappa shape index (κ3) is 4.42. The molecule has 4 nitrogen and oxygen atoms in total. The van der Waals surface area contributed by atoms with Crippen molar-refractivity contribution in [2.75, 3.05) is 30.3 Å². The normalized spacial score (nSPS) is 19.4. The Morgan fingerprint density at radius 2 is 2.32 bits per heavy atom. The molecule has 1 aromatic heterocycles. The molecule has 1 N–H and O–H groups in total. The number of rotatable bonds is 5. The predicted octanol–water partition coefficient (Wildman–Crippen LogP) is 2.90. The molecule has 0 aromatic carbocycles. The van der Waals surface area contributed by atoms with Gasteiger partial charge in [-0.3, -0.25) is 0 Å². The molecule has 0 atom stereocenters. The van der Waals surface area contributed by atoms with Crippen LogP contribution in [0.2, 0.25) is 0 Å². The average Bonchev–Trinajstić information content (AvgIpc) is 2.75. The number of aromatic nitrogens is 1. The van der Waals surface area contributed by atoms with Gasteiger partial charge in [0.15, 0.2) is 0 Å². The Labute approximate surface area is 120 Å². The fourth-order valence-electron chi connectivity index (χ4n) is 2.13. The van der Waals surface area contributed by atoms with E-state index in [1.165, 1.54) is 6.42 Å². The second-order valence-corrected chi connectivity index (χ2v) is 7.45. The second-order valence-electron chi connectivity index (χ2n) is 5.64. The molecule has 1 saturated heterocycles. The number of nitrogens with zero attached hydrogens (tertiary/aromatic N) is 2. The van der Waals surface area contributed by atoms with Crippen LogP contribution in [-0.4, -0.2) is 35.1 Å². The molecule has 1 aliphatic heterocycles. The largest absolute Gasteiger partial charge is 0.432 e. The molecule has 5 heteroatoms. The molecule has 108 valence electrons. The van der Waals surface area contributed by atoms with Crippen LogP contribution in [0.25, 0.3) is 0 Å². The van der Waals surface area contributed by atoms with Gasteiger partial charge in [-0.05, 0) is 19.4 Å². The van der Waals surface area contributed by atoms with Gasteiger partial charge in [-0.1, -0.05) is 20.8 Å². The number of hydrogen-bond donors (Lipinski definition) is 1. The van der Waals surface area contributed by atoms with Gasteiger partial charge in [0.2, 0.25) is 0 Å². The van der Waals surface area contributed by atoms with Gasteiger partial charge < -0.3 is 14.6 Å². The van der Waals surface area contributed by atoms with Crippen LogP contribution in [0.4, 0.5) is 6.01 Å². The molecule has 0 bridgehead atoms. The van der Waals surface area contributed by atoms with Gasteiger partial charge in [0.05, 0.1) is 5.69 Å². The van der Waals surface area contributed by atoms with E-state index in [0.717, 1.165) is 50.1 Å². The highest BCUT2D eigenvalue weighted by molar-refractivity contribution is 8.00. The number of hydrogen-bond acceptors (Lipinski definition) is 5. The second kappa shape index (κ2) is 6.66. The van der Waals surface area contributed by atoms with E-state index < -0.39 is 0 Å². The van der Waals surface area contributed by atoms with E-state index in [1.807, 2.05) is 11.8 Å². The summed E-state index contributed by atoms with van der Waals surface area (Å²) in [4.78, 5) is 6.85. The van der Waals surface area contributed by atoms with E-state index in [2.05, 4.69) is 36.0 Å². The zero-order valence-corrected chi connectivity index (χ0v) is 13.1. The molecule has 0 aliphatic carbocycles. The first kappa shape index (κ1) is 14.7. The molecule has 0 radical (unpaired) electrons. The number of oxazole rings is 1. The van der Waals surface area contributed by atoms with Crippen LogP contribution in [0.5, 0.6) is 0 Å². The van der Waals surface area contributed by atoms with Crippen LogP contribution < -0.4 is 10.2 Å². The molecule has 1 aromatic rings. The van der Waals surface area contributed by atoms with Crippen LogP contribution in [0.1, 0.15) is 39.3 Å². The third-order valence-electron chi connectivity index (χ3n) is 3.38. The Hall–Kier alpha value is -0.680. The number of thioether (sulfide) groups is 1. The van der Waals surface area contributed by atoms with Crippen LogP contribution in [0.3, 0.4) is 0 Å². The summed E-state index contributed by atoms with van der Waals surface area (Å²) in [6.45, 7) is 10.7. The van der Waals surface area contributed by atoms with Crippen molar-refractivity contribution in [1.29, 1.82) is 0 Å². The van der Waals surface area contributed by atoms with Crippen molar-refractivity contribution in [1.82, 2.24) is 10.3 Å². The quantitative estimate of drug-likeness (QED) is 0.842. The highest BCUT2D eigenvalue weighted by atomic mass is 32.2. The van der Waals surface area contributed by atoms with Gasteiger partial charge >= 0.3 is 0 Å². The minimum atomic E-state index is 0.368. The van der Waals surface area contributed by atoms with Crippen molar-refractivity contribution in [3.63, 3.8) is 0 Å². The first-order valence-corrected chi connectivity index (χ1v) is 8.13. The highest BCUT2D eigenvalue weighted by Gasteiger charge is 2.25. The molecule has 1 fully saturated rings. The maximum absolute atomic E-state index is 5.62. The minimum absolute atomic E-state index is 0.368. The van der Waals surface area contributed by atoms with E-state index in [0.29, 0.717) is 4.75 Å². The van der Waals surface area contributed by atoms with Gasteiger partial charge in [-0.15, -0.1) is 0 Å². The van der Waals surface area contributed by atoms with Crippen molar-refractivity contribution < 1.29 is 4.42 Å². The highest BCUT2D eigenvalue weighted by Crippen LogP contribution is 2.32. The first-order chi connectivity index (χ1) is 9.11. The van der Waals surface area contributed by atoms with Crippen molar-refractivity contribution in [3.05, 3.63) is 12.0 Å². The Morgan fingerprint density at radius 1 is 1.47 bits per heavy atom. The van der Waals surface area contributed by atoms with Crippen LogP contribution in [-0.2, 0) is 6.54 Å². The van der Waals surface area contributed by atoms with E-state index >= 15 is 0 Å². The fraction of sp³-hybridized carbons (Fsp3) is 0.786. The van der Waals surface area contributed by atoms with Crippen molar-refractivity contribution in [2.45, 2.75) is 44.9 Å². The van der Waals surface area contributed by atoms with Gasteiger partial charge in [-0.2, -0.15) is 16.7 Å². The topological polar surface area (TPSA) is 41.3 Å².